The van der Waals surface area contributed by atoms with Gasteiger partial charge < -0.3 is 10.3 Å². The van der Waals surface area contributed by atoms with E-state index in [9.17, 15) is 4.79 Å². The molecular weight excluding hydrogens is 264 g/mol. The van der Waals surface area contributed by atoms with Crippen LogP contribution in [0.3, 0.4) is 0 Å². The molecule has 5 nitrogen and oxygen atoms in total. The van der Waals surface area contributed by atoms with Crippen molar-refractivity contribution in [2.45, 2.75) is 51.5 Å². The van der Waals surface area contributed by atoms with Gasteiger partial charge in [-0.25, -0.2) is 10.8 Å². The van der Waals surface area contributed by atoms with E-state index < -0.39 is 0 Å². The number of anilines is 1. The van der Waals surface area contributed by atoms with Crippen molar-refractivity contribution >= 4 is 11.7 Å². The number of amides is 1. The maximum atomic E-state index is 12.9. The number of nitrogen functional groups attached to an aromatic ring is 1. The Bertz CT molecular complexity index is 509. The number of fused-ring (bicyclic) bond motifs is 1. The van der Waals surface area contributed by atoms with E-state index in [4.69, 9.17) is 5.84 Å². The van der Waals surface area contributed by atoms with Crippen molar-refractivity contribution in [2.24, 2.45) is 11.8 Å². The van der Waals surface area contributed by atoms with Crippen LogP contribution in [0, 0.1) is 5.92 Å². The average molecular weight is 288 g/mol. The first-order valence-electron chi connectivity index (χ1n) is 8.01. The number of rotatable bonds is 3. The third kappa shape index (κ3) is 2.75. The molecule has 0 aromatic carbocycles. The smallest absolute Gasteiger partial charge is 0.254 e. The van der Waals surface area contributed by atoms with E-state index in [1.165, 1.54) is 19.3 Å². The molecule has 2 fully saturated rings. The van der Waals surface area contributed by atoms with Gasteiger partial charge in [0.15, 0.2) is 0 Å². The molecular formula is C16H24N4O. The predicted molar refractivity (Wildman–Crippen MR) is 82.8 cm³/mol. The van der Waals surface area contributed by atoms with Gasteiger partial charge in [-0.2, -0.15) is 0 Å². The molecule has 1 amide bonds. The summed E-state index contributed by atoms with van der Waals surface area (Å²) in [6, 6.07) is 4.11. The first kappa shape index (κ1) is 14.3. The Morgan fingerprint density at radius 2 is 2.19 bits per heavy atom. The van der Waals surface area contributed by atoms with Crippen LogP contribution in [-0.4, -0.2) is 28.4 Å². The Labute approximate surface area is 125 Å². The average Bonchev–Trinajstić information content (AvgIpc) is 2.97. The molecule has 21 heavy (non-hydrogen) atoms. The summed E-state index contributed by atoms with van der Waals surface area (Å²) in [5.41, 5.74) is 4.17. The molecule has 0 radical (unpaired) electrons. The summed E-state index contributed by atoms with van der Waals surface area (Å²) >= 11 is 0. The number of hydrogen-bond donors (Lipinski definition) is 2. The molecule has 2 heterocycles. The summed E-state index contributed by atoms with van der Waals surface area (Å²) in [6.07, 6.45) is 6.95. The first-order valence-corrected chi connectivity index (χ1v) is 8.01. The Morgan fingerprint density at radius 3 is 2.95 bits per heavy atom. The first-order chi connectivity index (χ1) is 10.2. The number of aryl methyl sites for hydroxylation is 1. The van der Waals surface area contributed by atoms with Crippen LogP contribution in [0.5, 0.6) is 0 Å². The van der Waals surface area contributed by atoms with Crippen molar-refractivity contribution in [2.75, 3.05) is 12.0 Å². The highest BCUT2D eigenvalue weighted by Gasteiger charge is 2.38. The molecule has 2 atom stereocenters. The summed E-state index contributed by atoms with van der Waals surface area (Å²) < 4.78 is 0. The molecule has 1 aliphatic carbocycles. The van der Waals surface area contributed by atoms with Crippen molar-refractivity contribution in [1.82, 2.24) is 9.88 Å². The number of hydrazine groups is 1. The van der Waals surface area contributed by atoms with Gasteiger partial charge >= 0.3 is 0 Å². The van der Waals surface area contributed by atoms with E-state index in [-0.39, 0.29) is 5.91 Å². The number of nitrogens with two attached hydrogens (primary N) is 1. The SMILES string of the molecule is CCc1cc(C(=O)N2CCC3CCCCC32)cc(NN)n1. The molecule has 1 saturated heterocycles. The van der Waals surface area contributed by atoms with Gasteiger partial charge in [0, 0.05) is 23.8 Å². The van der Waals surface area contributed by atoms with Crippen LogP contribution in [0.2, 0.25) is 0 Å². The van der Waals surface area contributed by atoms with Gasteiger partial charge in [-0.15, -0.1) is 0 Å². The molecule has 2 aliphatic rings. The fraction of sp³-hybridized carbons (Fsp3) is 0.625. The van der Waals surface area contributed by atoms with E-state index >= 15 is 0 Å². The van der Waals surface area contributed by atoms with E-state index in [0.717, 1.165) is 31.5 Å². The quantitative estimate of drug-likeness (QED) is 0.661. The number of pyridine rings is 1. The molecule has 1 aliphatic heterocycles. The summed E-state index contributed by atoms with van der Waals surface area (Å²) in [5.74, 6) is 6.88. The Kier molecular flexibility index (Phi) is 4.10. The number of nitrogens with one attached hydrogen (secondary N) is 1. The van der Waals surface area contributed by atoms with Crippen LogP contribution in [0.25, 0.3) is 0 Å². The minimum atomic E-state index is 0.137. The molecule has 2 unspecified atom stereocenters. The number of hydrogen-bond acceptors (Lipinski definition) is 4. The van der Waals surface area contributed by atoms with Crippen molar-refractivity contribution in [1.29, 1.82) is 0 Å². The maximum Gasteiger partial charge on any atom is 0.254 e. The Balaban J connectivity index is 1.84. The van der Waals surface area contributed by atoms with Crippen molar-refractivity contribution in [3.05, 3.63) is 23.4 Å². The third-order valence-corrected chi connectivity index (χ3v) is 4.91. The summed E-state index contributed by atoms with van der Waals surface area (Å²) in [6.45, 7) is 2.92. The zero-order valence-electron chi connectivity index (χ0n) is 12.6. The molecule has 5 heteroatoms. The van der Waals surface area contributed by atoms with Crippen LogP contribution in [0.4, 0.5) is 5.82 Å². The van der Waals surface area contributed by atoms with E-state index in [1.54, 1.807) is 6.07 Å². The lowest BCUT2D eigenvalue weighted by atomic mass is 9.85. The van der Waals surface area contributed by atoms with E-state index in [2.05, 4.69) is 15.3 Å². The second kappa shape index (κ2) is 6.02. The number of carbonyl (C=O) groups is 1. The lowest BCUT2D eigenvalue weighted by Crippen LogP contribution is -2.39. The van der Waals surface area contributed by atoms with Crippen LogP contribution in [-0.2, 0) is 6.42 Å². The molecule has 1 saturated carbocycles. The second-order valence-electron chi connectivity index (χ2n) is 6.13. The minimum absolute atomic E-state index is 0.137. The second-order valence-corrected chi connectivity index (χ2v) is 6.13. The highest BCUT2D eigenvalue weighted by molar-refractivity contribution is 5.95. The van der Waals surface area contributed by atoms with Gasteiger partial charge in [0.25, 0.3) is 5.91 Å². The molecule has 1 aromatic rings. The number of nitrogens with zero attached hydrogens (tertiary/aromatic N) is 2. The van der Waals surface area contributed by atoms with Crippen LogP contribution >= 0.6 is 0 Å². The lowest BCUT2D eigenvalue weighted by Gasteiger charge is -2.31. The minimum Gasteiger partial charge on any atom is -0.335 e. The normalized spacial score (nSPS) is 24.8. The monoisotopic (exact) mass is 288 g/mol. The number of aromatic nitrogens is 1. The van der Waals surface area contributed by atoms with E-state index in [0.29, 0.717) is 23.3 Å². The molecule has 3 rings (SSSR count). The van der Waals surface area contributed by atoms with Crippen molar-refractivity contribution < 1.29 is 4.79 Å². The zero-order chi connectivity index (χ0) is 14.8. The topological polar surface area (TPSA) is 71.2 Å². The highest BCUT2D eigenvalue weighted by Crippen LogP contribution is 2.36. The summed E-state index contributed by atoms with van der Waals surface area (Å²) in [4.78, 5) is 19.3. The van der Waals surface area contributed by atoms with Gasteiger partial charge in [0.05, 0.1) is 0 Å². The van der Waals surface area contributed by atoms with Gasteiger partial charge in [0.1, 0.15) is 5.82 Å². The molecule has 3 N–H and O–H groups in total. The highest BCUT2D eigenvalue weighted by atomic mass is 16.2. The van der Waals surface area contributed by atoms with Gasteiger partial charge in [-0.3, -0.25) is 4.79 Å². The molecule has 114 valence electrons. The zero-order valence-corrected chi connectivity index (χ0v) is 12.6. The molecule has 1 aromatic heterocycles. The van der Waals surface area contributed by atoms with Crippen molar-refractivity contribution in [3.63, 3.8) is 0 Å². The number of likely N-dealkylation sites (tertiary alicyclic amines) is 1. The van der Waals surface area contributed by atoms with Crippen LogP contribution in [0.1, 0.15) is 55.1 Å². The standard InChI is InChI=1S/C16H24N4O/c1-2-13-9-12(10-15(18-13)19-17)16(21)20-8-7-11-5-3-4-6-14(11)20/h9-11,14H,2-8,17H2,1H3,(H,18,19). The van der Waals surface area contributed by atoms with Crippen LogP contribution < -0.4 is 11.3 Å². The maximum absolute atomic E-state index is 12.9. The predicted octanol–water partition coefficient (Wildman–Crippen LogP) is 2.33. The fourth-order valence-electron chi connectivity index (χ4n) is 3.79. The molecule has 0 bridgehead atoms. The van der Waals surface area contributed by atoms with Crippen molar-refractivity contribution in [3.8, 4) is 0 Å². The third-order valence-electron chi connectivity index (χ3n) is 4.91. The Morgan fingerprint density at radius 1 is 1.38 bits per heavy atom. The van der Waals surface area contributed by atoms with Gasteiger partial charge in [-0.05, 0) is 43.7 Å². The van der Waals surface area contributed by atoms with Gasteiger partial charge in [0.2, 0.25) is 0 Å². The Hall–Kier alpha value is -1.62. The summed E-state index contributed by atoms with van der Waals surface area (Å²) in [7, 11) is 0. The van der Waals surface area contributed by atoms with Crippen LogP contribution in [0.15, 0.2) is 12.1 Å². The van der Waals surface area contributed by atoms with Gasteiger partial charge in [-0.1, -0.05) is 19.8 Å². The van der Waals surface area contributed by atoms with E-state index in [1.807, 2.05) is 13.0 Å². The number of carbonyl (C=O) groups excluding carboxylic acids is 1. The lowest BCUT2D eigenvalue weighted by molar-refractivity contribution is 0.0690. The summed E-state index contributed by atoms with van der Waals surface area (Å²) in [5, 5.41) is 0. The molecule has 0 spiro atoms. The largest absolute Gasteiger partial charge is 0.335 e. The fourth-order valence-corrected chi connectivity index (χ4v) is 3.79.